The zero-order valence-electron chi connectivity index (χ0n) is 12.4. The van der Waals surface area contributed by atoms with Crippen LogP contribution in [0.4, 0.5) is 11.4 Å². The molecule has 4 heteroatoms. The summed E-state index contributed by atoms with van der Waals surface area (Å²) in [5.74, 6) is 3.47. The molecule has 4 aliphatic carbocycles. The molecule has 1 aromatic rings. The van der Waals surface area contributed by atoms with Crippen molar-refractivity contribution in [2.24, 2.45) is 23.7 Å². The van der Waals surface area contributed by atoms with Crippen molar-refractivity contribution in [2.45, 2.75) is 45.1 Å². The fourth-order valence-corrected chi connectivity index (χ4v) is 5.25. The Morgan fingerprint density at radius 1 is 1.10 bits per heavy atom. The Morgan fingerprint density at radius 3 is 2.29 bits per heavy atom. The molecule has 21 heavy (non-hydrogen) atoms. The zero-order valence-corrected chi connectivity index (χ0v) is 12.4. The molecule has 5 rings (SSSR count). The van der Waals surface area contributed by atoms with Crippen molar-refractivity contribution in [2.75, 3.05) is 5.32 Å². The molecule has 0 saturated heterocycles. The molecule has 1 aromatic carbocycles. The van der Waals surface area contributed by atoms with Crippen LogP contribution in [-0.2, 0) is 0 Å². The number of anilines is 1. The van der Waals surface area contributed by atoms with Gasteiger partial charge in [-0.25, -0.2) is 0 Å². The number of rotatable bonds is 3. The van der Waals surface area contributed by atoms with Gasteiger partial charge in [0.2, 0.25) is 0 Å². The van der Waals surface area contributed by atoms with Crippen LogP contribution in [0, 0.1) is 40.7 Å². The van der Waals surface area contributed by atoms with Gasteiger partial charge in [0.25, 0.3) is 5.69 Å². The van der Waals surface area contributed by atoms with Crippen LogP contribution in [0.15, 0.2) is 18.2 Å². The maximum absolute atomic E-state index is 11.1. The highest BCUT2D eigenvalue weighted by atomic mass is 16.6. The molecular formula is C17H22N2O2. The van der Waals surface area contributed by atoms with E-state index in [0.29, 0.717) is 6.04 Å². The molecule has 4 nitrogen and oxygen atoms in total. The van der Waals surface area contributed by atoms with Crippen molar-refractivity contribution in [3.8, 4) is 0 Å². The maximum atomic E-state index is 11.1. The second-order valence-electron chi connectivity index (χ2n) is 7.36. The standard InChI is InChI=1S/C17H22N2O2/c1-10-2-3-15(9-16(10)19(20)21)18-17-13-5-11-4-12(7-13)8-14(17)6-11/h2-3,9,11-14,17-18H,4-8H2,1H3. The van der Waals surface area contributed by atoms with Crippen molar-refractivity contribution in [3.05, 3.63) is 33.9 Å². The highest BCUT2D eigenvalue weighted by Gasteiger charge is 2.48. The summed E-state index contributed by atoms with van der Waals surface area (Å²) >= 11 is 0. The SMILES string of the molecule is Cc1ccc(NC2C3CC4CC(C3)CC2C4)cc1[N+](=O)[O-]. The van der Waals surface area contributed by atoms with Gasteiger partial charge in [-0.3, -0.25) is 10.1 Å². The van der Waals surface area contributed by atoms with E-state index in [9.17, 15) is 10.1 Å². The van der Waals surface area contributed by atoms with Gasteiger partial charge in [0, 0.05) is 23.4 Å². The van der Waals surface area contributed by atoms with Crippen LogP contribution in [0.3, 0.4) is 0 Å². The number of nitro groups is 1. The van der Waals surface area contributed by atoms with Gasteiger partial charge in [0.05, 0.1) is 4.92 Å². The lowest BCUT2D eigenvalue weighted by molar-refractivity contribution is -0.385. The van der Waals surface area contributed by atoms with E-state index in [2.05, 4.69) is 5.32 Å². The summed E-state index contributed by atoms with van der Waals surface area (Å²) in [7, 11) is 0. The van der Waals surface area contributed by atoms with E-state index in [-0.39, 0.29) is 10.6 Å². The third kappa shape index (κ3) is 2.21. The average molecular weight is 286 g/mol. The Kier molecular flexibility index (Phi) is 2.95. The zero-order chi connectivity index (χ0) is 14.6. The minimum atomic E-state index is -0.280. The highest BCUT2D eigenvalue weighted by Crippen LogP contribution is 2.54. The summed E-state index contributed by atoms with van der Waals surface area (Å²) in [5, 5.41) is 14.7. The van der Waals surface area contributed by atoms with Gasteiger partial charge in [-0.05, 0) is 68.8 Å². The minimum absolute atomic E-state index is 0.226. The first-order chi connectivity index (χ1) is 10.1. The number of nitrogens with zero attached hydrogens (tertiary/aromatic N) is 1. The van der Waals surface area contributed by atoms with E-state index >= 15 is 0 Å². The predicted octanol–water partition coefficient (Wildman–Crippen LogP) is 4.14. The van der Waals surface area contributed by atoms with Gasteiger partial charge in [0.15, 0.2) is 0 Å². The van der Waals surface area contributed by atoms with Gasteiger partial charge >= 0.3 is 0 Å². The van der Waals surface area contributed by atoms with Crippen LogP contribution < -0.4 is 5.32 Å². The number of nitro benzene ring substituents is 1. The molecular weight excluding hydrogens is 264 g/mol. The maximum Gasteiger partial charge on any atom is 0.274 e. The molecule has 0 aliphatic heterocycles. The van der Waals surface area contributed by atoms with Gasteiger partial charge < -0.3 is 5.32 Å². The number of nitrogens with one attached hydrogen (secondary N) is 1. The fourth-order valence-electron chi connectivity index (χ4n) is 5.25. The molecule has 0 amide bonds. The van der Waals surface area contributed by atoms with Crippen molar-refractivity contribution >= 4 is 11.4 Å². The summed E-state index contributed by atoms with van der Waals surface area (Å²) in [6, 6.07) is 6.09. The normalized spacial score (nSPS) is 36.7. The Balaban J connectivity index is 1.56. The molecule has 1 N–H and O–H groups in total. The highest BCUT2D eigenvalue weighted by molar-refractivity contribution is 5.55. The summed E-state index contributed by atoms with van der Waals surface area (Å²) < 4.78 is 0. The second kappa shape index (κ2) is 4.72. The lowest BCUT2D eigenvalue weighted by atomic mass is 9.54. The molecule has 4 bridgehead atoms. The van der Waals surface area contributed by atoms with Crippen LogP contribution >= 0.6 is 0 Å². The lowest BCUT2D eigenvalue weighted by Crippen LogP contribution is -2.51. The van der Waals surface area contributed by atoms with E-state index < -0.39 is 0 Å². The van der Waals surface area contributed by atoms with Gasteiger partial charge in [0.1, 0.15) is 0 Å². The van der Waals surface area contributed by atoms with E-state index in [4.69, 9.17) is 0 Å². The van der Waals surface area contributed by atoms with Crippen LogP contribution in [0.25, 0.3) is 0 Å². The van der Waals surface area contributed by atoms with Crippen molar-refractivity contribution in [1.29, 1.82) is 0 Å². The van der Waals surface area contributed by atoms with E-state index in [0.717, 1.165) is 34.9 Å². The second-order valence-corrected chi connectivity index (χ2v) is 7.36. The van der Waals surface area contributed by atoms with Gasteiger partial charge in [-0.1, -0.05) is 6.07 Å². The monoisotopic (exact) mass is 286 g/mol. The van der Waals surface area contributed by atoms with Crippen LogP contribution in [0.5, 0.6) is 0 Å². The molecule has 112 valence electrons. The molecule has 0 heterocycles. The Hall–Kier alpha value is -1.58. The third-order valence-electron chi connectivity index (χ3n) is 5.97. The number of hydrogen-bond acceptors (Lipinski definition) is 3. The summed E-state index contributed by atoms with van der Waals surface area (Å²) in [6.45, 7) is 1.80. The van der Waals surface area contributed by atoms with E-state index in [1.165, 1.54) is 32.1 Å². The van der Waals surface area contributed by atoms with E-state index in [1.54, 1.807) is 13.0 Å². The fraction of sp³-hybridized carbons (Fsp3) is 0.647. The topological polar surface area (TPSA) is 55.2 Å². The number of aryl methyl sites for hydroxylation is 1. The predicted molar refractivity (Wildman–Crippen MR) is 82.3 cm³/mol. The third-order valence-corrected chi connectivity index (χ3v) is 5.97. The molecule has 0 atom stereocenters. The Bertz CT molecular complexity index is 556. The molecule has 0 spiro atoms. The summed E-state index contributed by atoms with van der Waals surface area (Å²) in [4.78, 5) is 10.8. The first kappa shape index (κ1) is 13.1. The Morgan fingerprint density at radius 2 is 1.71 bits per heavy atom. The molecule has 4 fully saturated rings. The molecule has 4 saturated carbocycles. The first-order valence-electron chi connectivity index (χ1n) is 8.11. The first-order valence-corrected chi connectivity index (χ1v) is 8.11. The Labute approximate surface area is 125 Å². The van der Waals surface area contributed by atoms with Crippen molar-refractivity contribution in [1.82, 2.24) is 0 Å². The quantitative estimate of drug-likeness (QED) is 0.671. The number of hydrogen-bond donors (Lipinski definition) is 1. The summed E-state index contributed by atoms with van der Waals surface area (Å²) in [5.41, 5.74) is 1.88. The number of benzene rings is 1. The van der Waals surface area contributed by atoms with E-state index in [1.807, 2.05) is 12.1 Å². The van der Waals surface area contributed by atoms with Gasteiger partial charge in [-0.15, -0.1) is 0 Å². The average Bonchev–Trinajstić information content (AvgIpc) is 2.43. The molecule has 0 unspecified atom stereocenters. The van der Waals surface area contributed by atoms with Crippen LogP contribution in [0.2, 0.25) is 0 Å². The van der Waals surface area contributed by atoms with Crippen LogP contribution in [-0.4, -0.2) is 11.0 Å². The largest absolute Gasteiger partial charge is 0.382 e. The van der Waals surface area contributed by atoms with Crippen LogP contribution in [0.1, 0.15) is 37.7 Å². The molecule has 4 aliphatic rings. The lowest BCUT2D eigenvalue weighted by Gasteiger charge is -2.54. The smallest absolute Gasteiger partial charge is 0.274 e. The minimum Gasteiger partial charge on any atom is -0.382 e. The van der Waals surface area contributed by atoms with Gasteiger partial charge in [-0.2, -0.15) is 0 Å². The molecule has 0 radical (unpaired) electrons. The van der Waals surface area contributed by atoms with Crippen molar-refractivity contribution in [3.63, 3.8) is 0 Å². The summed E-state index contributed by atoms with van der Waals surface area (Å²) in [6.07, 6.45) is 6.89. The van der Waals surface area contributed by atoms with Crippen molar-refractivity contribution < 1.29 is 4.92 Å². The molecule has 0 aromatic heterocycles.